The Morgan fingerprint density at radius 3 is 2.42 bits per heavy atom. The lowest BCUT2D eigenvalue weighted by Crippen LogP contribution is -1.96. The van der Waals surface area contributed by atoms with Gasteiger partial charge in [-0.05, 0) is 0 Å². The van der Waals surface area contributed by atoms with Crippen molar-refractivity contribution in [3.63, 3.8) is 0 Å². The Kier molecular flexibility index (Phi) is 2.26. The molecule has 0 saturated heterocycles. The van der Waals surface area contributed by atoms with Crippen LogP contribution in [0.4, 0.5) is 0 Å². The summed E-state index contributed by atoms with van der Waals surface area (Å²) in [6.45, 7) is 0. The van der Waals surface area contributed by atoms with Crippen molar-refractivity contribution in [2.75, 3.05) is 0 Å². The summed E-state index contributed by atoms with van der Waals surface area (Å²) in [4.78, 5) is 6.89. The Labute approximate surface area is 73.1 Å². The van der Waals surface area contributed by atoms with Gasteiger partial charge in [-0.2, -0.15) is 5.26 Å². The van der Waals surface area contributed by atoms with E-state index in [1.165, 1.54) is 0 Å². The third kappa shape index (κ3) is 1.90. The SMILES string of the molecule is N#Cc1cnc(S(=O)(=O)Cl)cn1. The first-order valence-electron chi connectivity index (χ1n) is 2.71. The minimum absolute atomic E-state index is 0.0408. The van der Waals surface area contributed by atoms with E-state index in [2.05, 4.69) is 9.97 Å². The summed E-state index contributed by atoms with van der Waals surface area (Å²) in [6, 6.07) is 1.69. The molecule has 1 heterocycles. The molecule has 7 heteroatoms. The first-order valence-corrected chi connectivity index (χ1v) is 5.02. The molecule has 5 nitrogen and oxygen atoms in total. The van der Waals surface area contributed by atoms with Gasteiger partial charge in [-0.15, -0.1) is 0 Å². The molecule has 0 spiro atoms. The zero-order valence-corrected chi connectivity index (χ0v) is 7.17. The third-order valence-corrected chi connectivity index (χ3v) is 2.18. The molecule has 0 aliphatic heterocycles. The van der Waals surface area contributed by atoms with Gasteiger partial charge in [-0.1, -0.05) is 0 Å². The second-order valence-electron chi connectivity index (χ2n) is 1.79. The average Bonchev–Trinajstić information content (AvgIpc) is 2.03. The molecule has 0 aromatic carbocycles. The number of aromatic nitrogens is 2. The lowest BCUT2D eigenvalue weighted by molar-refractivity contribution is 0.605. The van der Waals surface area contributed by atoms with Gasteiger partial charge in [0.2, 0.25) is 0 Å². The standard InChI is InChI=1S/C5H2ClN3O2S/c6-12(10,11)5-3-8-4(1-7)2-9-5/h2-3H. The highest BCUT2D eigenvalue weighted by atomic mass is 35.7. The fourth-order valence-electron chi connectivity index (χ4n) is 0.500. The maximum absolute atomic E-state index is 10.6. The Morgan fingerprint density at radius 1 is 1.42 bits per heavy atom. The second kappa shape index (κ2) is 3.05. The number of nitriles is 1. The van der Waals surface area contributed by atoms with Crippen LogP contribution in [0.25, 0.3) is 0 Å². The molecule has 0 saturated carbocycles. The highest BCUT2D eigenvalue weighted by Gasteiger charge is 2.11. The van der Waals surface area contributed by atoms with Crippen LogP contribution in [0.3, 0.4) is 0 Å². The van der Waals surface area contributed by atoms with Crippen molar-refractivity contribution in [1.82, 2.24) is 9.97 Å². The van der Waals surface area contributed by atoms with E-state index < -0.39 is 9.05 Å². The number of halogens is 1. The van der Waals surface area contributed by atoms with Crippen molar-refractivity contribution >= 4 is 19.7 Å². The van der Waals surface area contributed by atoms with Gasteiger partial charge in [-0.3, -0.25) is 0 Å². The quantitative estimate of drug-likeness (QED) is 0.612. The van der Waals surface area contributed by atoms with Crippen molar-refractivity contribution < 1.29 is 8.42 Å². The second-order valence-corrected chi connectivity index (χ2v) is 4.30. The van der Waals surface area contributed by atoms with Gasteiger partial charge in [0.05, 0.1) is 12.4 Å². The lowest BCUT2D eigenvalue weighted by Gasteiger charge is -1.91. The summed E-state index contributed by atoms with van der Waals surface area (Å²) in [5.74, 6) is 0. The van der Waals surface area contributed by atoms with Gasteiger partial charge in [0.1, 0.15) is 6.07 Å². The molecule has 0 bridgehead atoms. The van der Waals surface area contributed by atoms with E-state index in [0.717, 1.165) is 12.4 Å². The van der Waals surface area contributed by atoms with E-state index in [9.17, 15) is 8.42 Å². The molecule has 0 N–H and O–H groups in total. The van der Waals surface area contributed by atoms with Crippen LogP contribution in [0.2, 0.25) is 0 Å². The fourth-order valence-corrected chi connectivity index (χ4v) is 1.10. The molecule has 0 unspecified atom stereocenters. The monoisotopic (exact) mass is 203 g/mol. The van der Waals surface area contributed by atoms with Crippen molar-refractivity contribution in [2.24, 2.45) is 0 Å². The predicted octanol–water partition coefficient (Wildman–Crippen LogP) is 0.276. The van der Waals surface area contributed by atoms with Gasteiger partial charge in [0, 0.05) is 10.7 Å². The average molecular weight is 204 g/mol. The van der Waals surface area contributed by atoms with Crippen LogP contribution in [0.15, 0.2) is 17.4 Å². The predicted molar refractivity (Wildman–Crippen MR) is 39.8 cm³/mol. The summed E-state index contributed by atoms with van der Waals surface area (Å²) < 4.78 is 21.2. The summed E-state index contributed by atoms with van der Waals surface area (Å²) in [7, 11) is 1.10. The zero-order chi connectivity index (χ0) is 9.19. The first-order chi connectivity index (χ1) is 5.54. The van der Waals surface area contributed by atoms with Crippen LogP contribution in [0.1, 0.15) is 5.69 Å². The van der Waals surface area contributed by atoms with Gasteiger partial charge in [0.25, 0.3) is 9.05 Å². The van der Waals surface area contributed by atoms with Crippen molar-refractivity contribution in [3.05, 3.63) is 18.1 Å². The number of nitrogens with zero attached hydrogens (tertiary/aromatic N) is 3. The summed E-state index contributed by atoms with van der Waals surface area (Å²) in [5.41, 5.74) is 0.0408. The van der Waals surface area contributed by atoms with Crippen LogP contribution >= 0.6 is 10.7 Å². The topological polar surface area (TPSA) is 83.7 Å². The van der Waals surface area contributed by atoms with Gasteiger partial charge in [0.15, 0.2) is 10.7 Å². The lowest BCUT2D eigenvalue weighted by atomic mass is 10.5. The Balaban J connectivity index is 3.20. The maximum atomic E-state index is 10.6. The number of rotatable bonds is 1. The fraction of sp³-hybridized carbons (Fsp3) is 0. The Bertz CT molecular complexity index is 419. The zero-order valence-electron chi connectivity index (χ0n) is 5.60. The Morgan fingerprint density at radius 2 is 2.08 bits per heavy atom. The van der Waals surface area contributed by atoms with Crippen molar-refractivity contribution in [2.45, 2.75) is 5.03 Å². The minimum atomic E-state index is -3.84. The van der Waals surface area contributed by atoms with Crippen LogP contribution in [-0.4, -0.2) is 18.4 Å². The molecule has 12 heavy (non-hydrogen) atoms. The molecule has 0 aliphatic rings. The number of hydrogen-bond acceptors (Lipinski definition) is 5. The van der Waals surface area contributed by atoms with Crippen molar-refractivity contribution in [1.29, 1.82) is 5.26 Å². The van der Waals surface area contributed by atoms with Crippen LogP contribution in [-0.2, 0) is 9.05 Å². The molecule has 0 atom stereocenters. The summed E-state index contributed by atoms with van der Waals surface area (Å²) >= 11 is 0. The molecule has 1 aromatic heterocycles. The van der Waals surface area contributed by atoms with Crippen LogP contribution in [0.5, 0.6) is 0 Å². The normalized spacial score (nSPS) is 10.7. The van der Waals surface area contributed by atoms with E-state index in [1.807, 2.05) is 0 Å². The smallest absolute Gasteiger partial charge is 0.241 e. The van der Waals surface area contributed by atoms with E-state index >= 15 is 0 Å². The van der Waals surface area contributed by atoms with Crippen LogP contribution in [0, 0.1) is 11.3 Å². The maximum Gasteiger partial charge on any atom is 0.280 e. The largest absolute Gasteiger partial charge is 0.280 e. The highest BCUT2D eigenvalue weighted by molar-refractivity contribution is 8.13. The number of hydrogen-bond donors (Lipinski definition) is 0. The summed E-state index contributed by atoms with van der Waals surface area (Å²) in [6.07, 6.45) is 1.97. The van der Waals surface area contributed by atoms with Gasteiger partial charge < -0.3 is 0 Å². The minimum Gasteiger partial charge on any atom is -0.241 e. The summed E-state index contributed by atoms with van der Waals surface area (Å²) in [5, 5.41) is 7.94. The van der Waals surface area contributed by atoms with E-state index in [-0.39, 0.29) is 10.7 Å². The van der Waals surface area contributed by atoms with Gasteiger partial charge in [-0.25, -0.2) is 18.4 Å². The third-order valence-electron chi connectivity index (χ3n) is 0.993. The van der Waals surface area contributed by atoms with E-state index in [0.29, 0.717) is 0 Å². The Hall–Kier alpha value is -1.19. The molecule has 62 valence electrons. The molecule has 1 aromatic rings. The molecule has 0 amide bonds. The molecule has 0 fully saturated rings. The molecule has 0 aliphatic carbocycles. The van der Waals surface area contributed by atoms with E-state index in [4.69, 9.17) is 15.9 Å². The molecule has 1 rings (SSSR count). The van der Waals surface area contributed by atoms with E-state index in [1.54, 1.807) is 6.07 Å². The molecule has 0 radical (unpaired) electrons. The van der Waals surface area contributed by atoms with Gasteiger partial charge >= 0.3 is 0 Å². The van der Waals surface area contributed by atoms with Crippen LogP contribution < -0.4 is 0 Å². The first kappa shape index (κ1) is 8.90. The molecular weight excluding hydrogens is 202 g/mol. The molecular formula is C5H2ClN3O2S. The van der Waals surface area contributed by atoms with Crippen molar-refractivity contribution in [3.8, 4) is 6.07 Å². The highest BCUT2D eigenvalue weighted by Crippen LogP contribution is 2.09.